The first kappa shape index (κ1) is 13.4. The molecule has 0 aromatic carbocycles. The predicted molar refractivity (Wildman–Crippen MR) is 72.9 cm³/mol. The van der Waals surface area contributed by atoms with Gasteiger partial charge in [-0.1, -0.05) is 11.6 Å². The van der Waals surface area contributed by atoms with Gasteiger partial charge < -0.3 is 10.2 Å². The lowest BCUT2D eigenvalue weighted by atomic mass is 10.5. The van der Waals surface area contributed by atoms with E-state index in [1.807, 2.05) is 18.9 Å². The van der Waals surface area contributed by atoms with Crippen LogP contribution in [0.4, 0.5) is 11.8 Å². The van der Waals surface area contributed by atoms with Gasteiger partial charge in [0.1, 0.15) is 5.02 Å². The Labute approximate surface area is 106 Å². The van der Waals surface area contributed by atoms with E-state index in [2.05, 4.69) is 21.5 Å². The van der Waals surface area contributed by atoms with E-state index in [1.54, 1.807) is 18.0 Å². The first-order chi connectivity index (χ1) is 7.69. The minimum absolute atomic E-state index is 0.588. The van der Waals surface area contributed by atoms with E-state index >= 15 is 0 Å². The summed E-state index contributed by atoms with van der Waals surface area (Å²) in [6.07, 6.45) is 3.72. The molecule has 0 spiro atoms. The van der Waals surface area contributed by atoms with Crippen LogP contribution in [-0.2, 0) is 0 Å². The quantitative estimate of drug-likeness (QED) is 0.851. The molecule has 0 radical (unpaired) electrons. The van der Waals surface area contributed by atoms with Gasteiger partial charge in [-0.25, -0.2) is 4.98 Å². The molecule has 0 unspecified atom stereocenters. The minimum Gasteiger partial charge on any atom is -0.357 e. The number of thioether (sulfide) groups is 1. The maximum Gasteiger partial charge on any atom is 0.224 e. The van der Waals surface area contributed by atoms with Crippen molar-refractivity contribution < 1.29 is 0 Å². The second-order valence-corrected chi connectivity index (χ2v) is 4.70. The van der Waals surface area contributed by atoms with Crippen molar-refractivity contribution >= 4 is 35.1 Å². The standard InChI is InChI=1S/C10H17ClN4S/c1-4-12-10-13-7-8(11)9(14-10)15(2)5-6-16-3/h7H,4-6H2,1-3H3,(H,12,13,14). The van der Waals surface area contributed by atoms with E-state index in [0.29, 0.717) is 11.0 Å². The molecule has 0 fully saturated rings. The van der Waals surface area contributed by atoms with Gasteiger partial charge in [-0.3, -0.25) is 0 Å². The molecule has 4 nitrogen and oxygen atoms in total. The number of hydrogen-bond donors (Lipinski definition) is 1. The summed E-state index contributed by atoms with van der Waals surface area (Å²) >= 11 is 7.87. The predicted octanol–water partition coefficient (Wildman–Crippen LogP) is 2.36. The summed E-state index contributed by atoms with van der Waals surface area (Å²) in [4.78, 5) is 10.5. The molecule has 0 aliphatic rings. The lowest BCUT2D eigenvalue weighted by Crippen LogP contribution is -2.22. The lowest BCUT2D eigenvalue weighted by molar-refractivity contribution is 0.934. The maximum atomic E-state index is 6.07. The van der Waals surface area contributed by atoms with Crippen LogP contribution in [0, 0.1) is 0 Å². The molecule has 0 bridgehead atoms. The van der Waals surface area contributed by atoms with Crippen molar-refractivity contribution in [2.75, 3.05) is 42.4 Å². The van der Waals surface area contributed by atoms with Crippen LogP contribution in [0.15, 0.2) is 6.20 Å². The van der Waals surface area contributed by atoms with Crippen LogP contribution in [0.2, 0.25) is 5.02 Å². The summed E-state index contributed by atoms with van der Waals surface area (Å²) in [5.74, 6) is 2.45. The van der Waals surface area contributed by atoms with Crippen LogP contribution >= 0.6 is 23.4 Å². The number of aromatic nitrogens is 2. The van der Waals surface area contributed by atoms with Crippen LogP contribution in [0.3, 0.4) is 0 Å². The van der Waals surface area contributed by atoms with Crippen molar-refractivity contribution in [3.05, 3.63) is 11.2 Å². The molecule has 1 aromatic rings. The summed E-state index contributed by atoms with van der Waals surface area (Å²) < 4.78 is 0. The number of anilines is 2. The molecule has 1 rings (SSSR count). The van der Waals surface area contributed by atoms with Crippen molar-refractivity contribution in [2.24, 2.45) is 0 Å². The molecule has 0 atom stereocenters. The molecular formula is C10H17ClN4S. The van der Waals surface area contributed by atoms with Crippen molar-refractivity contribution in [1.29, 1.82) is 0 Å². The van der Waals surface area contributed by atoms with E-state index in [9.17, 15) is 0 Å². The molecule has 90 valence electrons. The highest BCUT2D eigenvalue weighted by atomic mass is 35.5. The number of nitrogens with zero attached hydrogens (tertiary/aromatic N) is 3. The van der Waals surface area contributed by atoms with E-state index in [4.69, 9.17) is 11.6 Å². The molecule has 0 saturated heterocycles. The highest BCUT2D eigenvalue weighted by Gasteiger charge is 2.09. The van der Waals surface area contributed by atoms with E-state index in [-0.39, 0.29) is 0 Å². The van der Waals surface area contributed by atoms with Crippen LogP contribution in [0.5, 0.6) is 0 Å². The Hall–Kier alpha value is -0.680. The van der Waals surface area contributed by atoms with E-state index in [1.165, 1.54) is 0 Å². The summed E-state index contributed by atoms with van der Waals surface area (Å²) in [5.41, 5.74) is 0. The normalized spacial score (nSPS) is 10.2. The Morgan fingerprint density at radius 3 is 2.94 bits per heavy atom. The third kappa shape index (κ3) is 3.72. The second-order valence-electron chi connectivity index (χ2n) is 3.31. The molecule has 0 amide bonds. The summed E-state index contributed by atoms with van der Waals surface area (Å²) in [5, 5.41) is 3.66. The monoisotopic (exact) mass is 260 g/mol. The van der Waals surface area contributed by atoms with Gasteiger partial charge in [0.2, 0.25) is 5.95 Å². The smallest absolute Gasteiger partial charge is 0.224 e. The summed E-state index contributed by atoms with van der Waals surface area (Å²) in [6, 6.07) is 0. The van der Waals surface area contributed by atoms with Crippen molar-refractivity contribution in [3.8, 4) is 0 Å². The zero-order chi connectivity index (χ0) is 12.0. The molecule has 16 heavy (non-hydrogen) atoms. The van der Waals surface area contributed by atoms with Gasteiger partial charge in [-0.15, -0.1) is 0 Å². The average molecular weight is 261 g/mol. The van der Waals surface area contributed by atoms with Gasteiger partial charge in [-0.05, 0) is 13.2 Å². The fourth-order valence-electron chi connectivity index (χ4n) is 1.20. The fraction of sp³-hybridized carbons (Fsp3) is 0.600. The third-order valence-corrected chi connectivity index (χ3v) is 2.91. The number of hydrogen-bond acceptors (Lipinski definition) is 5. The Morgan fingerprint density at radius 2 is 2.31 bits per heavy atom. The van der Waals surface area contributed by atoms with Gasteiger partial charge in [0.05, 0.1) is 6.20 Å². The van der Waals surface area contributed by atoms with Crippen molar-refractivity contribution in [1.82, 2.24) is 9.97 Å². The largest absolute Gasteiger partial charge is 0.357 e. The zero-order valence-corrected chi connectivity index (χ0v) is 11.4. The SMILES string of the molecule is CCNc1ncc(Cl)c(N(C)CCSC)n1. The average Bonchev–Trinajstić information content (AvgIpc) is 2.29. The summed E-state index contributed by atoms with van der Waals surface area (Å²) in [7, 11) is 1.99. The van der Waals surface area contributed by atoms with Crippen LogP contribution in [0.25, 0.3) is 0 Å². The van der Waals surface area contributed by atoms with E-state index < -0.39 is 0 Å². The highest BCUT2D eigenvalue weighted by Crippen LogP contribution is 2.22. The van der Waals surface area contributed by atoms with Crippen molar-refractivity contribution in [2.45, 2.75) is 6.92 Å². The van der Waals surface area contributed by atoms with E-state index in [0.717, 1.165) is 24.7 Å². The molecule has 0 aliphatic heterocycles. The molecule has 0 saturated carbocycles. The number of nitrogens with one attached hydrogen (secondary N) is 1. The lowest BCUT2D eigenvalue weighted by Gasteiger charge is -2.19. The fourth-order valence-corrected chi connectivity index (χ4v) is 1.89. The first-order valence-corrected chi connectivity index (χ1v) is 6.92. The van der Waals surface area contributed by atoms with Gasteiger partial charge in [0, 0.05) is 25.9 Å². The van der Waals surface area contributed by atoms with Gasteiger partial charge in [0.15, 0.2) is 5.82 Å². The summed E-state index contributed by atoms with van der Waals surface area (Å²) in [6.45, 7) is 3.73. The zero-order valence-electron chi connectivity index (χ0n) is 9.83. The maximum absolute atomic E-state index is 6.07. The van der Waals surface area contributed by atoms with Crippen LogP contribution in [-0.4, -0.2) is 42.1 Å². The Morgan fingerprint density at radius 1 is 1.56 bits per heavy atom. The molecule has 1 heterocycles. The molecule has 6 heteroatoms. The Balaban J connectivity index is 2.79. The molecule has 0 aliphatic carbocycles. The molecular weight excluding hydrogens is 244 g/mol. The van der Waals surface area contributed by atoms with Gasteiger partial charge in [0.25, 0.3) is 0 Å². The third-order valence-electron chi connectivity index (χ3n) is 2.05. The molecule has 1 N–H and O–H groups in total. The Bertz CT molecular complexity index is 335. The minimum atomic E-state index is 0.588. The number of halogens is 1. The number of rotatable bonds is 6. The van der Waals surface area contributed by atoms with Crippen LogP contribution in [0.1, 0.15) is 6.92 Å². The first-order valence-electron chi connectivity index (χ1n) is 5.15. The van der Waals surface area contributed by atoms with Crippen LogP contribution < -0.4 is 10.2 Å². The topological polar surface area (TPSA) is 41.1 Å². The molecule has 1 aromatic heterocycles. The highest BCUT2D eigenvalue weighted by molar-refractivity contribution is 7.98. The second kappa shape index (κ2) is 6.81. The van der Waals surface area contributed by atoms with Gasteiger partial charge >= 0.3 is 0 Å². The van der Waals surface area contributed by atoms with Crippen molar-refractivity contribution in [3.63, 3.8) is 0 Å². The Kier molecular flexibility index (Phi) is 5.69. The van der Waals surface area contributed by atoms with Gasteiger partial charge in [-0.2, -0.15) is 16.7 Å².